The molecule has 0 bridgehead atoms. The molecule has 130 valence electrons. The Kier molecular flexibility index (Phi) is 5.73. The minimum absolute atomic E-state index is 0.461. The molecule has 0 aliphatic rings. The van der Waals surface area contributed by atoms with Crippen LogP contribution in [0.2, 0.25) is 0 Å². The van der Waals surface area contributed by atoms with Gasteiger partial charge in [-0.05, 0) is 49.7 Å². The molecule has 3 aromatic rings. The van der Waals surface area contributed by atoms with Crippen molar-refractivity contribution in [3.05, 3.63) is 60.3 Å². The van der Waals surface area contributed by atoms with Crippen molar-refractivity contribution in [2.24, 2.45) is 0 Å². The molecule has 0 aliphatic heterocycles. The summed E-state index contributed by atoms with van der Waals surface area (Å²) in [6.07, 6.45) is 0.998. The topological polar surface area (TPSA) is 40.6 Å². The number of aryl methyl sites for hydroxylation is 1. The van der Waals surface area contributed by atoms with E-state index in [1.165, 1.54) is 0 Å². The fourth-order valence-electron chi connectivity index (χ4n) is 2.50. The highest BCUT2D eigenvalue weighted by molar-refractivity contribution is 5.84. The molecule has 0 spiro atoms. The Balaban J connectivity index is 1.52. The van der Waals surface area contributed by atoms with Crippen LogP contribution in [0, 0.1) is 6.92 Å². The molecule has 25 heavy (non-hydrogen) atoms. The quantitative estimate of drug-likeness (QED) is 0.554. The van der Waals surface area contributed by atoms with Crippen molar-refractivity contribution < 1.29 is 14.2 Å². The summed E-state index contributed by atoms with van der Waals surface area (Å²) in [5, 5.41) is 1.08. The summed E-state index contributed by atoms with van der Waals surface area (Å²) >= 11 is 0. The molecule has 4 nitrogen and oxygen atoms in total. The Morgan fingerprint density at radius 2 is 1.44 bits per heavy atom. The summed E-state index contributed by atoms with van der Waals surface area (Å²) in [5.74, 6) is 2.45. The van der Waals surface area contributed by atoms with Gasteiger partial charge in [0.2, 0.25) is 0 Å². The molecule has 0 saturated heterocycles. The Bertz CT molecular complexity index is 815. The molecule has 0 amide bonds. The molecule has 1 heterocycles. The summed E-state index contributed by atoms with van der Waals surface area (Å²) in [5.41, 5.74) is 1.87. The second-order valence-electron chi connectivity index (χ2n) is 5.80. The van der Waals surface area contributed by atoms with Crippen LogP contribution in [-0.2, 0) is 0 Å². The lowest BCUT2D eigenvalue weighted by Crippen LogP contribution is -2.09. The van der Waals surface area contributed by atoms with Gasteiger partial charge in [0.15, 0.2) is 0 Å². The predicted molar refractivity (Wildman–Crippen MR) is 99.7 cm³/mol. The van der Waals surface area contributed by atoms with Gasteiger partial charge in [-0.1, -0.05) is 25.1 Å². The number of pyridine rings is 1. The van der Waals surface area contributed by atoms with E-state index in [1.807, 2.05) is 55.5 Å². The van der Waals surface area contributed by atoms with Crippen molar-refractivity contribution in [1.29, 1.82) is 0 Å². The minimum atomic E-state index is 0.461. The first-order valence-electron chi connectivity index (χ1n) is 8.61. The van der Waals surface area contributed by atoms with E-state index in [4.69, 9.17) is 14.2 Å². The second-order valence-corrected chi connectivity index (χ2v) is 5.80. The minimum Gasteiger partial charge on any atom is -0.494 e. The molecule has 0 unspecified atom stereocenters. The van der Waals surface area contributed by atoms with Crippen molar-refractivity contribution in [3.8, 4) is 17.2 Å². The number of benzene rings is 2. The molecule has 3 rings (SSSR count). The Morgan fingerprint density at radius 3 is 2.16 bits per heavy atom. The third kappa shape index (κ3) is 4.63. The van der Waals surface area contributed by atoms with Crippen molar-refractivity contribution in [3.63, 3.8) is 0 Å². The summed E-state index contributed by atoms with van der Waals surface area (Å²) < 4.78 is 17.1. The Hall–Kier alpha value is -2.75. The van der Waals surface area contributed by atoms with Gasteiger partial charge in [-0.2, -0.15) is 0 Å². The first-order chi connectivity index (χ1) is 12.3. The van der Waals surface area contributed by atoms with Crippen LogP contribution in [-0.4, -0.2) is 24.8 Å². The number of hydrogen-bond donors (Lipinski definition) is 0. The third-order valence-electron chi connectivity index (χ3n) is 3.73. The Labute approximate surface area is 148 Å². The summed E-state index contributed by atoms with van der Waals surface area (Å²) in [4.78, 5) is 4.57. The van der Waals surface area contributed by atoms with Crippen LogP contribution < -0.4 is 14.2 Å². The van der Waals surface area contributed by atoms with E-state index >= 15 is 0 Å². The molecular formula is C21H23NO3. The monoisotopic (exact) mass is 337 g/mol. The molecule has 2 aromatic carbocycles. The van der Waals surface area contributed by atoms with Gasteiger partial charge < -0.3 is 14.2 Å². The van der Waals surface area contributed by atoms with E-state index in [-0.39, 0.29) is 0 Å². The van der Waals surface area contributed by atoms with E-state index in [2.05, 4.69) is 18.0 Å². The number of ether oxygens (including phenoxy) is 3. The lowest BCUT2D eigenvalue weighted by atomic mass is 10.2. The van der Waals surface area contributed by atoms with Gasteiger partial charge in [-0.3, -0.25) is 0 Å². The number of para-hydroxylation sites is 1. The number of aromatic nitrogens is 1. The van der Waals surface area contributed by atoms with E-state index in [0.717, 1.165) is 46.9 Å². The van der Waals surface area contributed by atoms with Crippen LogP contribution in [0.4, 0.5) is 0 Å². The van der Waals surface area contributed by atoms with Crippen molar-refractivity contribution in [2.75, 3.05) is 19.8 Å². The first-order valence-corrected chi connectivity index (χ1v) is 8.61. The molecule has 0 N–H and O–H groups in total. The van der Waals surface area contributed by atoms with Crippen LogP contribution in [0.1, 0.15) is 19.0 Å². The number of nitrogens with zero attached hydrogens (tertiary/aromatic N) is 1. The van der Waals surface area contributed by atoms with Crippen LogP contribution in [0.25, 0.3) is 10.9 Å². The van der Waals surface area contributed by atoms with Crippen molar-refractivity contribution >= 4 is 10.9 Å². The van der Waals surface area contributed by atoms with Gasteiger partial charge in [0.25, 0.3) is 0 Å². The largest absolute Gasteiger partial charge is 0.494 e. The lowest BCUT2D eigenvalue weighted by molar-refractivity contribution is 0.218. The van der Waals surface area contributed by atoms with Crippen LogP contribution in [0.15, 0.2) is 54.6 Å². The molecule has 0 atom stereocenters. The van der Waals surface area contributed by atoms with Crippen molar-refractivity contribution in [1.82, 2.24) is 4.98 Å². The fourth-order valence-corrected chi connectivity index (χ4v) is 2.50. The second kappa shape index (κ2) is 8.38. The van der Waals surface area contributed by atoms with Gasteiger partial charge in [0.1, 0.15) is 36.0 Å². The standard InChI is InChI=1S/C21H23NO3/c1-3-13-23-18-9-11-19(12-10-18)24-14-15-25-20-6-4-5-17-8-7-16(2)22-21(17)20/h4-12H,3,13-15H2,1-2H3. The molecule has 0 saturated carbocycles. The first kappa shape index (κ1) is 17.1. The highest BCUT2D eigenvalue weighted by atomic mass is 16.5. The van der Waals surface area contributed by atoms with E-state index in [1.54, 1.807) is 0 Å². The average molecular weight is 337 g/mol. The maximum absolute atomic E-state index is 5.86. The molecule has 1 aromatic heterocycles. The highest BCUT2D eigenvalue weighted by Crippen LogP contribution is 2.24. The van der Waals surface area contributed by atoms with Gasteiger partial charge in [0, 0.05) is 11.1 Å². The number of hydrogen-bond acceptors (Lipinski definition) is 4. The molecule has 4 heteroatoms. The summed E-state index contributed by atoms with van der Waals surface area (Å²) in [6.45, 7) is 5.73. The molecule has 0 fully saturated rings. The average Bonchev–Trinajstić information content (AvgIpc) is 2.64. The van der Waals surface area contributed by atoms with Crippen molar-refractivity contribution in [2.45, 2.75) is 20.3 Å². The number of fused-ring (bicyclic) bond motifs is 1. The van der Waals surface area contributed by atoms with E-state index in [0.29, 0.717) is 13.2 Å². The van der Waals surface area contributed by atoms with E-state index < -0.39 is 0 Å². The maximum atomic E-state index is 5.86. The summed E-state index contributed by atoms with van der Waals surface area (Å²) in [6, 6.07) is 17.7. The highest BCUT2D eigenvalue weighted by Gasteiger charge is 2.04. The van der Waals surface area contributed by atoms with Crippen LogP contribution in [0.3, 0.4) is 0 Å². The molecular weight excluding hydrogens is 314 g/mol. The maximum Gasteiger partial charge on any atom is 0.145 e. The molecule has 0 radical (unpaired) electrons. The SMILES string of the molecule is CCCOc1ccc(OCCOc2cccc3ccc(C)nc23)cc1. The Morgan fingerprint density at radius 1 is 0.760 bits per heavy atom. The smallest absolute Gasteiger partial charge is 0.145 e. The zero-order valence-electron chi connectivity index (χ0n) is 14.7. The van der Waals surface area contributed by atoms with Crippen LogP contribution >= 0.6 is 0 Å². The van der Waals surface area contributed by atoms with Crippen LogP contribution in [0.5, 0.6) is 17.2 Å². The zero-order valence-corrected chi connectivity index (χ0v) is 14.7. The lowest BCUT2D eigenvalue weighted by Gasteiger charge is -2.11. The van der Waals surface area contributed by atoms with Gasteiger partial charge in [-0.25, -0.2) is 4.98 Å². The van der Waals surface area contributed by atoms with Gasteiger partial charge >= 0.3 is 0 Å². The fraction of sp³-hybridized carbons (Fsp3) is 0.286. The number of rotatable bonds is 8. The molecule has 0 aliphatic carbocycles. The normalized spacial score (nSPS) is 10.6. The zero-order chi connectivity index (χ0) is 17.5. The van der Waals surface area contributed by atoms with Gasteiger partial charge in [0.05, 0.1) is 6.61 Å². The van der Waals surface area contributed by atoms with E-state index in [9.17, 15) is 0 Å². The predicted octanol–water partition coefficient (Wildman–Crippen LogP) is 4.79. The van der Waals surface area contributed by atoms with Gasteiger partial charge in [-0.15, -0.1) is 0 Å². The summed E-state index contributed by atoms with van der Waals surface area (Å²) in [7, 11) is 0. The third-order valence-corrected chi connectivity index (χ3v) is 3.73.